The van der Waals surface area contributed by atoms with Crippen LogP contribution in [0.4, 0.5) is 17.6 Å². The van der Waals surface area contributed by atoms with E-state index in [1.54, 1.807) is 26.8 Å². The number of aliphatic hydroxyl groups excluding tert-OH is 3. The Morgan fingerprint density at radius 2 is 1.19 bits per heavy atom. The first-order valence-electron chi connectivity index (χ1n) is 7.01. The first-order valence-corrected chi connectivity index (χ1v) is 7.01. The highest BCUT2D eigenvalue weighted by molar-refractivity contribution is 5.52. The summed E-state index contributed by atoms with van der Waals surface area (Å²) < 4.78 is 0. The number of hydrogen-bond acceptors (Lipinski definition) is 8. The Hall–Kier alpha value is -1.64. The van der Waals surface area contributed by atoms with Crippen LogP contribution in [0, 0.1) is 0 Å². The predicted molar refractivity (Wildman–Crippen MR) is 82.5 cm³/mol. The van der Waals surface area contributed by atoms with Crippen LogP contribution in [-0.2, 0) is 0 Å². The van der Waals surface area contributed by atoms with Gasteiger partial charge in [0, 0.05) is 25.7 Å². The summed E-state index contributed by atoms with van der Waals surface area (Å²) in [5, 5.41) is 36.8. The number of aliphatic hydroxyl groups is 3. The molecule has 0 saturated carbocycles. The molecule has 8 heteroatoms. The van der Waals surface area contributed by atoms with Crippen molar-refractivity contribution in [3.05, 3.63) is 6.07 Å². The second-order valence-electron chi connectivity index (χ2n) is 5.15. The van der Waals surface area contributed by atoms with Crippen LogP contribution in [0.15, 0.2) is 6.07 Å². The van der Waals surface area contributed by atoms with Crippen LogP contribution in [0.1, 0.15) is 20.8 Å². The zero-order valence-electron chi connectivity index (χ0n) is 12.7. The average molecular weight is 299 g/mol. The molecule has 120 valence electrons. The molecule has 0 spiro atoms. The maximum atomic E-state index is 9.30. The standard InChI is InChI=1S/C13H25N5O3/c1-8(19)5-14-11-4-12(15-6-9(2)20)18-13(17-11)16-7-10(3)21/h4,8-10,19-21H,5-7H2,1-3H3,(H3,14,15,16,17,18). The molecule has 1 rings (SSSR count). The Morgan fingerprint density at radius 1 is 0.810 bits per heavy atom. The molecule has 21 heavy (non-hydrogen) atoms. The summed E-state index contributed by atoms with van der Waals surface area (Å²) in [5.74, 6) is 1.46. The highest BCUT2D eigenvalue weighted by Crippen LogP contribution is 2.14. The molecule has 0 saturated heterocycles. The number of rotatable bonds is 9. The Morgan fingerprint density at radius 3 is 1.57 bits per heavy atom. The van der Waals surface area contributed by atoms with Crippen molar-refractivity contribution in [1.82, 2.24) is 9.97 Å². The molecule has 0 aliphatic carbocycles. The van der Waals surface area contributed by atoms with E-state index in [-0.39, 0.29) is 0 Å². The molecule has 0 aromatic carbocycles. The van der Waals surface area contributed by atoms with Crippen LogP contribution in [0.2, 0.25) is 0 Å². The molecule has 0 amide bonds. The van der Waals surface area contributed by atoms with Crippen LogP contribution >= 0.6 is 0 Å². The van der Waals surface area contributed by atoms with Crippen LogP contribution in [0.25, 0.3) is 0 Å². The highest BCUT2D eigenvalue weighted by Gasteiger charge is 2.07. The van der Waals surface area contributed by atoms with Gasteiger partial charge in [-0.05, 0) is 20.8 Å². The number of anilines is 3. The molecule has 1 aromatic rings. The number of nitrogens with one attached hydrogen (secondary N) is 3. The van der Waals surface area contributed by atoms with Gasteiger partial charge in [0.2, 0.25) is 5.95 Å². The zero-order chi connectivity index (χ0) is 15.8. The van der Waals surface area contributed by atoms with Gasteiger partial charge >= 0.3 is 0 Å². The number of aromatic nitrogens is 2. The third-order valence-electron chi connectivity index (χ3n) is 2.44. The van der Waals surface area contributed by atoms with Crippen LogP contribution in [-0.4, -0.2) is 63.2 Å². The average Bonchev–Trinajstić information content (AvgIpc) is 2.40. The van der Waals surface area contributed by atoms with Gasteiger partial charge in [-0.1, -0.05) is 0 Å². The maximum absolute atomic E-state index is 9.30. The number of hydrogen-bond donors (Lipinski definition) is 6. The fourth-order valence-electron chi connectivity index (χ4n) is 1.45. The zero-order valence-corrected chi connectivity index (χ0v) is 12.7. The van der Waals surface area contributed by atoms with E-state index in [4.69, 9.17) is 0 Å². The van der Waals surface area contributed by atoms with Crippen molar-refractivity contribution in [3.63, 3.8) is 0 Å². The van der Waals surface area contributed by atoms with Gasteiger partial charge in [0.05, 0.1) is 18.3 Å². The van der Waals surface area contributed by atoms with Gasteiger partial charge in [0.15, 0.2) is 0 Å². The largest absolute Gasteiger partial charge is 0.392 e. The molecule has 1 aromatic heterocycles. The topological polar surface area (TPSA) is 123 Å². The van der Waals surface area contributed by atoms with E-state index < -0.39 is 18.3 Å². The molecule has 0 bridgehead atoms. The van der Waals surface area contributed by atoms with Crippen molar-refractivity contribution < 1.29 is 15.3 Å². The molecule has 1 heterocycles. The van der Waals surface area contributed by atoms with Gasteiger partial charge in [-0.2, -0.15) is 9.97 Å². The molecule has 0 fully saturated rings. The maximum Gasteiger partial charge on any atom is 0.226 e. The van der Waals surface area contributed by atoms with Gasteiger partial charge in [0.25, 0.3) is 0 Å². The number of nitrogens with zero attached hydrogens (tertiary/aromatic N) is 2. The molecular formula is C13H25N5O3. The summed E-state index contributed by atoms with van der Waals surface area (Å²) >= 11 is 0. The third kappa shape index (κ3) is 7.64. The van der Waals surface area contributed by atoms with Gasteiger partial charge in [0.1, 0.15) is 11.6 Å². The summed E-state index contributed by atoms with van der Waals surface area (Å²) in [7, 11) is 0. The van der Waals surface area contributed by atoms with Gasteiger partial charge in [-0.15, -0.1) is 0 Å². The fourth-order valence-corrected chi connectivity index (χ4v) is 1.45. The molecule has 3 unspecified atom stereocenters. The highest BCUT2D eigenvalue weighted by atomic mass is 16.3. The molecule has 8 nitrogen and oxygen atoms in total. The van der Waals surface area contributed by atoms with Crippen molar-refractivity contribution >= 4 is 17.6 Å². The molecular weight excluding hydrogens is 274 g/mol. The lowest BCUT2D eigenvalue weighted by Gasteiger charge is -2.14. The minimum atomic E-state index is -0.517. The van der Waals surface area contributed by atoms with Crippen molar-refractivity contribution in [3.8, 4) is 0 Å². The minimum Gasteiger partial charge on any atom is -0.392 e. The fraction of sp³-hybridized carbons (Fsp3) is 0.692. The quantitative estimate of drug-likeness (QED) is 0.372. The SMILES string of the molecule is CC(O)CNc1cc(NCC(C)O)nc(NCC(C)O)n1. The van der Waals surface area contributed by atoms with E-state index in [0.29, 0.717) is 37.2 Å². The Balaban J connectivity index is 2.79. The normalized spacial score (nSPS) is 15.1. The molecule has 0 aliphatic rings. The lowest BCUT2D eigenvalue weighted by molar-refractivity contribution is 0.208. The summed E-state index contributed by atoms with van der Waals surface area (Å²) in [6, 6.07) is 1.69. The third-order valence-corrected chi connectivity index (χ3v) is 2.44. The summed E-state index contributed by atoms with van der Waals surface area (Å²) in [6.45, 7) is 6.07. The minimum absolute atomic E-state index is 0.329. The first kappa shape index (κ1) is 17.4. The Bertz CT molecular complexity index is 352. The van der Waals surface area contributed by atoms with E-state index in [0.717, 1.165) is 0 Å². The van der Waals surface area contributed by atoms with E-state index in [9.17, 15) is 15.3 Å². The lowest BCUT2D eigenvalue weighted by atomic mass is 10.4. The van der Waals surface area contributed by atoms with Crippen molar-refractivity contribution in [2.75, 3.05) is 35.6 Å². The first-order chi connectivity index (χ1) is 9.86. The molecule has 0 radical (unpaired) electrons. The predicted octanol–water partition coefficient (Wildman–Crippen LogP) is -0.145. The van der Waals surface area contributed by atoms with Crippen LogP contribution < -0.4 is 16.0 Å². The van der Waals surface area contributed by atoms with Crippen LogP contribution in [0.3, 0.4) is 0 Å². The van der Waals surface area contributed by atoms with Crippen molar-refractivity contribution in [1.29, 1.82) is 0 Å². The van der Waals surface area contributed by atoms with Gasteiger partial charge in [-0.3, -0.25) is 0 Å². The van der Waals surface area contributed by atoms with E-state index in [2.05, 4.69) is 25.9 Å². The Kier molecular flexibility index (Phi) is 7.13. The van der Waals surface area contributed by atoms with Crippen molar-refractivity contribution in [2.45, 2.75) is 39.1 Å². The molecule has 3 atom stereocenters. The lowest BCUT2D eigenvalue weighted by Crippen LogP contribution is -2.21. The van der Waals surface area contributed by atoms with Gasteiger partial charge < -0.3 is 31.3 Å². The second kappa shape index (κ2) is 8.60. The second-order valence-corrected chi connectivity index (χ2v) is 5.15. The summed E-state index contributed by atoms with van der Waals surface area (Å²) in [6.07, 6.45) is -1.51. The van der Waals surface area contributed by atoms with E-state index in [1.165, 1.54) is 0 Å². The van der Waals surface area contributed by atoms with E-state index in [1.807, 2.05) is 0 Å². The Labute approximate surface area is 124 Å². The van der Waals surface area contributed by atoms with Crippen LogP contribution in [0.5, 0.6) is 0 Å². The van der Waals surface area contributed by atoms with Gasteiger partial charge in [-0.25, -0.2) is 0 Å². The molecule has 6 N–H and O–H groups in total. The summed E-state index contributed by atoms with van der Waals surface area (Å²) in [4.78, 5) is 8.49. The summed E-state index contributed by atoms with van der Waals surface area (Å²) in [5.41, 5.74) is 0. The monoisotopic (exact) mass is 299 g/mol. The molecule has 0 aliphatic heterocycles. The smallest absolute Gasteiger partial charge is 0.226 e. The van der Waals surface area contributed by atoms with Crippen molar-refractivity contribution in [2.24, 2.45) is 0 Å². The van der Waals surface area contributed by atoms with E-state index >= 15 is 0 Å².